The fourth-order valence-corrected chi connectivity index (χ4v) is 0. The van der Waals surface area contributed by atoms with Gasteiger partial charge in [-0.25, -0.2) is 0 Å². The van der Waals surface area contributed by atoms with Crippen LogP contribution in [0.4, 0.5) is 0 Å². The van der Waals surface area contributed by atoms with E-state index in [1.807, 2.05) is 0 Å². The van der Waals surface area contributed by atoms with Crippen molar-refractivity contribution in [2.45, 2.75) is 20.0 Å². The average Bonchev–Trinajstić information content (AvgIpc) is 1.39. The maximum absolute atomic E-state index is 3.24. The van der Waals surface area contributed by atoms with Crippen molar-refractivity contribution >= 4 is 9.52 Å². The van der Waals surface area contributed by atoms with Crippen molar-refractivity contribution in [3.63, 3.8) is 0 Å². The molecule has 0 rings (SSSR count). The van der Waals surface area contributed by atoms with E-state index in [-0.39, 0.29) is 31.1 Å². The van der Waals surface area contributed by atoms with Gasteiger partial charge in [-0.1, -0.05) is 13.1 Å². The molecule has 0 unspecified atom stereocenters. The monoisotopic (exact) mass is 338 g/mol. The summed E-state index contributed by atoms with van der Waals surface area (Å²) in [4.78, 5) is 0. The Hall–Kier alpha value is 1.01. The summed E-state index contributed by atoms with van der Waals surface area (Å²) in [5, 5.41) is 0. The summed E-state index contributed by atoms with van der Waals surface area (Å²) in [6.45, 7) is 9.42. The second-order valence-electron chi connectivity index (χ2n) is 0.931. The Morgan fingerprint density at radius 1 is 1.43 bits per heavy atom. The number of rotatable bonds is 0. The van der Waals surface area contributed by atoms with Gasteiger partial charge in [0.25, 0.3) is 0 Å². The zero-order valence-corrected chi connectivity index (χ0v) is 10.6. The Labute approximate surface area is 73.0 Å². The normalized spacial score (nSPS) is 4.43. The summed E-state index contributed by atoms with van der Waals surface area (Å²) >= 11 is 0. The number of hydrogen-bond acceptors (Lipinski definition) is 0. The van der Waals surface area contributed by atoms with Crippen LogP contribution in [0.15, 0.2) is 6.58 Å². The summed E-state index contributed by atoms with van der Waals surface area (Å²) in [6.07, 6.45) is 2.50. The summed E-state index contributed by atoms with van der Waals surface area (Å²) < 4.78 is 0. The van der Waals surface area contributed by atoms with Crippen LogP contribution in [0.5, 0.6) is 0 Å². The molecular formula is C5H12SiU-. The van der Waals surface area contributed by atoms with Gasteiger partial charge >= 0.3 is 0 Å². The molecule has 7 heavy (non-hydrogen) atoms. The van der Waals surface area contributed by atoms with Gasteiger partial charge in [-0.05, 0) is 0 Å². The van der Waals surface area contributed by atoms with Gasteiger partial charge in [-0.2, -0.15) is 6.92 Å². The van der Waals surface area contributed by atoms with Crippen molar-refractivity contribution in [2.75, 3.05) is 0 Å². The van der Waals surface area contributed by atoms with Crippen LogP contribution < -0.4 is 0 Å². The van der Waals surface area contributed by atoms with Gasteiger partial charge in [0.15, 0.2) is 0 Å². The largest absolute Gasteiger partial charge is 0.507 e. The minimum absolute atomic E-state index is 0. The van der Waals surface area contributed by atoms with Gasteiger partial charge in [0, 0.05) is 40.6 Å². The Bertz CT molecular complexity index is 22.0. The van der Waals surface area contributed by atoms with Crippen LogP contribution in [0.3, 0.4) is 0 Å². The van der Waals surface area contributed by atoms with Crippen molar-refractivity contribution < 1.29 is 31.1 Å². The quantitative estimate of drug-likeness (QED) is 0.464. The zero-order chi connectivity index (χ0) is 5.41. The van der Waals surface area contributed by atoms with E-state index in [1.165, 1.54) is 0 Å². The van der Waals surface area contributed by atoms with E-state index in [9.17, 15) is 0 Å². The van der Waals surface area contributed by atoms with E-state index in [4.69, 9.17) is 0 Å². The first-order valence-corrected chi connectivity index (χ1v) is 4.32. The molecule has 41 valence electrons. The molecule has 0 saturated carbocycles. The first-order chi connectivity index (χ1) is 2.83. The summed E-state index contributed by atoms with van der Waals surface area (Å²) in [5.74, 6) is 0. The van der Waals surface area contributed by atoms with Gasteiger partial charge in [0.1, 0.15) is 0 Å². The summed E-state index contributed by atoms with van der Waals surface area (Å²) in [5.41, 5.74) is 0. The maximum atomic E-state index is 3.24. The zero-order valence-electron chi connectivity index (χ0n) is 5.28. The third-order valence-corrected chi connectivity index (χ3v) is 0. The van der Waals surface area contributed by atoms with Crippen molar-refractivity contribution in [3.05, 3.63) is 12.7 Å². The predicted molar refractivity (Wildman–Crippen MR) is 33.4 cm³/mol. The molecule has 0 aromatic rings. The van der Waals surface area contributed by atoms with E-state index in [0.717, 1.165) is 9.52 Å². The maximum Gasteiger partial charge on any atom is 0.0213 e. The molecule has 2 heteroatoms. The molecule has 0 aromatic heterocycles. The molecule has 0 nitrogen and oxygen atoms in total. The van der Waals surface area contributed by atoms with Gasteiger partial charge in [-0.3, -0.25) is 6.58 Å². The van der Waals surface area contributed by atoms with E-state index in [1.54, 1.807) is 6.92 Å². The van der Waals surface area contributed by atoms with Gasteiger partial charge in [-0.15, -0.1) is 0 Å². The Kier molecular flexibility index (Phi) is 62.6. The third-order valence-electron chi connectivity index (χ3n) is 0. The molecule has 0 N–H and O–H groups in total. The molecule has 0 atom stereocenters. The Morgan fingerprint density at radius 3 is 1.43 bits per heavy atom. The van der Waals surface area contributed by atoms with Crippen molar-refractivity contribution in [2.24, 2.45) is 0 Å². The molecule has 0 aliphatic rings. The minimum Gasteiger partial charge on any atom is -0.507 e. The van der Waals surface area contributed by atoms with Crippen LogP contribution in [0.25, 0.3) is 0 Å². The molecule has 0 fully saturated rings. The van der Waals surface area contributed by atoms with E-state index < -0.39 is 0 Å². The SMILES string of the molecule is C=[C-]C.C[SiH]C.[U]. The van der Waals surface area contributed by atoms with E-state index in [0.29, 0.717) is 0 Å². The van der Waals surface area contributed by atoms with Crippen molar-refractivity contribution in [3.8, 4) is 0 Å². The summed E-state index contributed by atoms with van der Waals surface area (Å²) in [7, 11) is 0.750. The smallest absolute Gasteiger partial charge is 0.0213 e. The van der Waals surface area contributed by atoms with Crippen molar-refractivity contribution in [1.29, 1.82) is 0 Å². The number of allylic oxidation sites excluding steroid dienone is 1. The van der Waals surface area contributed by atoms with Gasteiger partial charge in [0.2, 0.25) is 0 Å². The third kappa shape index (κ3) is 173. The van der Waals surface area contributed by atoms with Crippen LogP contribution in [0.1, 0.15) is 6.92 Å². The second-order valence-corrected chi connectivity index (χ2v) is 2.09. The molecule has 0 aliphatic carbocycles. The molecule has 0 aromatic carbocycles. The van der Waals surface area contributed by atoms with E-state index >= 15 is 0 Å². The predicted octanol–water partition coefficient (Wildman–Crippen LogP) is 1.51. The topological polar surface area (TPSA) is 0 Å². The second kappa shape index (κ2) is 28.0. The molecule has 0 amide bonds. The average molecular weight is 338 g/mol. The molecule has 0 heterocycles. The Morgan fingerprint density at radius 2 is 1.43 bits per heavy atom. The minimum atomic E-state index is 0. The van der Waals surface area contributed by atoms with E-state index in [2.05, 4.69) is 25.7 Å². The first kappa shape index (κ1) is 15.7. The van der Waals surface area contributed by atoms with Crippen LogP contribution >= 0.6 is 0 Å². The molecule has 1 radical (unpaired) electrons. The van der Waals surface area contributed by atoms with Gasteiger partial charge in [0.05, 0.1) is 0 Å². The van der Waals surface area contributed by atoms with Crippen LogP contribution in [-0.2, 0) is 0 Å². The molecular weight excluding hydrogens is 326 g/mol. The number of hydrogen-bond donors (Lipinski definition) is 0. The fraction of sp³-hybridized carbons (Fsp3) is 0.600. The summed E-state index contributed by atoms with van der Waals surface area (Å²) in [6, 6.07) is 0. The standard InChI is InChI=1S/C3H5.C2H7Si.U/c2*1-3-2;/h1H2,2H3;3H,1-2H3;/q-1;;. The fourth-order valence-electron chi connectivity index (χ4n) is 0. The first-order valence-electron chi connectivity index (χ1n) is 2.01. The van der Waals surface area contributed by atoms with Crippen LogP contribution in [0.2, 0.25) is 13.1 Å². The molecule has 0 aliphatic heterocycles. The molecule has 0 bridgehead atoms. The molecule has 0 spiro atoms. The molecule has 0 saturated heterocycles. The van der Waals surface area contributed by atoms with Crippen LogP contribution in [0, 0.1) is 37.2 Å². The van der Waals surface area contributed by atoms with Crippen LogP contribution in [-0.4, -0.2) is 9.52 Å². The van der Waals surface area contributed by atoms with Gasteiger partial charge < -0.3 is 6.08 Å². The Balaban J connectivity index is -0.0000000400. The van der Waals surface area contributed by atoms with Crippen molar-refractivity contribution in [1.82, 2.24) is 0 Å².